The highest BCUT2D eigenvalue weighted by atomic mass is 32.2. The topological polar surface area (TPSA) is 176 Å². The quantitative estimate of drug-likeness (QED) is 0.394. The largest absolute Gasteiger partial charge is 0.446 e. The van der Waals surface area contributed by atoms with E-state index in [1.165, 1.54) is 0 Å². The predicted octanol–water partition coefficient (Wildman–Crippen LogP) is 0.837. The number of nitrogens with two attached hydrogens (primary N) is 1. The van der Waals surface area contributed by atoms with Crippen LogP contribution in [0.2, 0.25) is 0 Å². The van der Waals surface area contributed by atoms with Crippen LogP contribution in [0.1, 0.15) is 18.9 Å². The van der Waals surface area contributed by atoms with E-state index in [9.17, 15) is 31.2 Å². The third-order valence-electron chi connectivity index (χ3n) is 3.96. The number of nitrogens with zero attached hydrogens (tertiary/aromatic N) is 4. The second-order valence-corrected chi connectivity index (χ2v) is 9.24. The van der Waals surface area contributed by atoms with Crippen molar-refractivity contribution >= 4 is 27.7 Å². The van der Waals surface area contributed by atoms with Crippen molar-refractivity contribution < 1.29 is 35.5 Å². The Balaban J connectivity index is 1.83. The number of benzene rings is 1. The first-order chi connectivity index (χ1) is 15.5. The summed E-state index contributed by atoms with van der Waals surface area (Å²) in [4.78, 5) is 23.8. The minimum atomic E-state index is -3.99. The maximum atomic E-state index is 13.6. The van der Waals surface area contributed by atoms with Crippen LogP contribution in [-0.2, 0) is 14.8 Å². The molecule has 178 valence electrons. The highest BCUT2D eigenvalue weighted by Gasteiger charge is 2.25. The van der Waals surface area contributed by atoms with Crippen LogP contribution in [-0.4, -0.2) is 51.9 Å². The fraction of sp³-hybridized carbons (Fsp3) is 0.312. The molecule has 0 spiro atoms. The maximum Gasteiger partial charge on any atom is 0.446 e. The molecule has 3 aromatic rings. The minimum Gasteiger partial charge on any atom is -0.352 e. The van der Waals surface area contributed by atoms with Gasteiger partial charge in [-0.15, -0.1) is 0 Å². The number of alkyl halides is 2. The monoisotopic (exact) mass is 508 g/mol. The molecule has 1 aromatic carbocycles. The highest BCUT2D eigenvalue weighted by Crippen LogP contribution is 2.30. The summed E-state index contributed by atoms with van der Waals surface area (Å²) in [5, 5.41) is 18.2. The van der Waals surface area contributed by atoms with Gasteiger partial charge in [-0.25, -0.2) is 40.7 Å². The smallest absolute Gasteiger partial charge is 0.352 e. The van der Waals surface area contributed by atoms with Gasteiger partial charge in [0, 0.05) is 11.8 Å². The number of aromatic nitrogens is 4. The van der Waals surface area contributed by atoms with E-state index in [0.717, 1.165) is 34.5 Å². The van der Waals surface area contributed by atoms with Crippen LogP contribution in [0.4, 0.5) is 13.2 Å². The number of carbonyl (C=O) groups is 1. The molecule has 0 bridgehead atoms. The molecule has 1 amide bonds. The van der Waals surface area contributed by atoms with Gasteiger partial charge in [0.1, 0.15) is 11.6 Å². The van der Waals surface area contributed by atoms with Crippen molar-refractivity contribution in [2.75, 3.05) is 11.5 Å². The van der Waals surface area contributed by atoms with Gasteiger partial charge in [0.25, 0.3) is 6.43 Å². The standard InChI is InChI=1S/C16H15F3N6O6S2/c1-7(21-11(26)6-33(20,28)29)5-32-15-12(22-31-24-15)14-23-30-16(27)25(14)8-2-3-10(17)9(4-8)13(18)19/h2-4,7,13H,5-6H2,1H3,(H,21,26)(H2,20,28,29)/t7-/m0/s1. The lowest BCUT2D eigenvalue weighted by Crippen LogP contribution is -2.39. The predicted molar refractivity (Wildman–Crippen MR) is 107 cm³/mol. The van der Waals surface area contributed by atoms with E-state index in [1.807, 2.05) is 0 Å². The van der Waals surface area contributed by atoms with Crippen LogP contribution < -0.4 is 16.2 Å². The van der Waals surface area contributed by atoms with Crippen LogP contribution in [0, 0.1) is 5.82 Å². The van der Waals surface area contributed by atoms with Gasteiger partial charge in [0.2, 0.25) is 21.8 Å². The van der Waals surface area contributed by atoms with Crippen molar-refractivity contribution in [1.29, 1.82) is 0 Å². The number of sulfonamides is 1. The zero-order valence-electron chi connectivity index (χ0n) is 16.6. The summed E-state index contributed by atoms with van der Waals surface area (Å²) in [7, 11) is -3.99. The van der Waals surface area contributed by atoms with Gasteiger partial charge in [-0.05, 0) is 35.4 Å². The van der Waals surface area contributed by atoms with Crippen molar-refractivity contribution in [2.24, 2.45) is 5.14 Å². The molecule has 3 N–H and O–H groups in total. The average Bonchev–Trinajstić information content (AvgIpc) is 3.31. The van der Waals surface area contributed by atoms with E-state index < -0.39 is 51.3 Å². The molecule has 0 fully saturated rings. The molecule has 0 unspecified atom stereocenters. The molecular formula is C16H15F3N6O6S2. The lowest BCUT2D eigenvalue weighted by molar-refractivity contribution is -0.119. The van der Waals surface area contributed by atoms with Gasteiger partial charge in [0.15, 0.2) is 10.7 Å². The van der Waals surface area contributed by atoms with Crippen LogP contribution in [0.5, 0.6) is 0 Å². The van der Waals surface area contributed by atoms with Crippen molar-refractivity contribution in [3.63, 3.8) is 0 Å². The Morgan fingerprint density at radius 1 is 1.30 bits per heavy atom. The molecule has 17 heteroatoms. The summed E-state index contributed by atoms with van der Waals surface area (Å²) in [5.41, 5.74) is -1.17. The molecule has 0 aliphatic heterocycles. The fourth-order valence-corrected chi connectivity index (χ4v) is 3.91. The van der Waals surface area contributed by atoms with Crippen LogP contribution >= 0.6 is 11.8 Å². The Morgan fingerprint density at radius 2 is 2.03 bits per heavy atom. The SMILES string of the molecule is C[C@@H](CSc1nonc1-c1noc(=O)n1-c1ccc(F)c(C(F)F)c1)NC(=O)CS(N)(=O)=O. The Hall–Kier alpha value is -3.18. The molecule has 0 saturated heterocycles. The third-order valence-corrected chi connectivity index (χ3v) is 5.83. The molecule has 2 heterocycles. The van der Waals surface area contributed by atoms with Gasteiger partial charge in [0.05, 0.1) is 11.3 Å². The van der Waals surface area contributed by atoms with Gasteiger partial charge in [-0.3, -0.25) is 9.32 Å². The van der Waals surface area contributed by atoms with E-state index >= 15 is 0 Å². The number of halogens is 3. The van der Waals surface area contributed by atoms with Crippen molar-refractivity contribution in [2.45, 2.75) is 24.4 Å². The van der Waals surface area contributed by atoms with Crippen molar-refractivity contribution in [3.05, 3.63) is 40.1 Å². The number of amides is 1. The molecular weight excluding hydrogens is 493 g/mol. The molecule has 33 heavy (non-hydrogen) atoms. The lowest BCUT2D eigenvalue weighted by atomic mass is 10.2. The van der Waals surface area contributed by atoms with Gasteiger partial charge in [-0.2, -0.15) is 0 Å². The number of nitrogens with one attached hydrogen (secondary N) is 1. The lowest BCUT2D eigenvalue weighted by Gasteiger charge is -2.12. The summed E-state index contributed by atoms with van der Waals surface area (Å²) in [6.45, 7) is 1.58. The normalized spacial score (nSPS) is 12.8. The Morgan fingerprint density at radius 3 is 2.70 bits per heavy atom. The van der Waals surface area contributed by atoms with E-state index in [1.54, 1.807) is 6.92 Å². The van der Waals surface area contributed by atoms with Gasteiger partial charge in [-0.1, -0.05) is 16.9 Å². The fourth-order valence-electron chi connectivity index (χ4n) is 2.62. The van der Waals surface area contributed by atoms with E-state index in [4.69, 9.17) is 5.14 Å². The second kappa shape index (κ2) is 9.75. The highest BCUT2D eigenvalue weighted by molar-refractivity contribution is 7.99. The number of primary sulfonamides is 1. The zero-order chi connectivity index (χ0) is 24.3. The van der Waals surface area contributed by atoms with Gasteiger partial charge >= 0.3 is 5.76 Å². The molecule has 0 radical (unpaired) electrons. The second-order valence-electron chi connectivity index (χ2n) is 6.62. The summed E-state index contributed by atoms with van der Waals surface area (Å²) < 4.78 is 71.8. The first-order valence-corrected chi connectivity index (χ1v) is 11.6. The van der Waals surface area contributed by atoms with Crippen LogP contribution in [0.25, 0.3) is 17.2 Å². The van der Waals surface area contributed by atoms with Crippen LogP contribution in [0.15, 0.2) is 37.2 Å². The van der Waals surface area contributed by atoms with Crippen LogP contribution in [0.3, 0.4) is 0 Å². The Kier molecular flexibility index (Phi) is 7.23. The minimum absolute atomic E-state index is 0.0863. The first-order valence-electron chi connectivity index (χ1n) is 8.88. The summed E-state index contributed by atoms with van der Waals surface area (Å²) in [6.07, 6.45) is -3.13. The molecule has 3 rings (SSSR count). The summed E-state index contributed by atoms with van der Waals surface area (Å²) >= 11 is 1.00. The van der Waals surface area contributed by atoms with Gasteiger partial charge < -0.3 is 5.32 Å². The Bertz CT molecular complexity index is 1320. The Labute approximate surface area is 187 Å². The molecule has 1 atom stereocenters. The molecule has 0 aliphatic rings. The number of hydrogen-bond acceptors (Lipinski definition) is 10. The first kappa shape index (κ1) is 24.5. The number of thioether (sulfide) groups is 1. The average molecular weight is 508 g/mol. The molecule has 0 saturated carbocycles. The number of rotatable bonds is 9. The molecule has 2 aromatic heterocycles. The maximum absolute atomic E-state index is 13.6. The number of carbonyl (C=O) groups excluding carboxylic acids is 1. The summed E-state index contributed by atoms with van der Waals surface area (Å²) in [5.74, 6) is -3.99. The van der Waals surface area contributed by atoms with Crippen molar-refractivity contribution in [1.82, 2.24) is 25.4 Å². The third kappa shape index (κ3) is 5.99. The van der Waals surface area contributed by atoms with E-state index in [2.05, 4.69) is 29.9 Å². The van der Waals surface area contributed by atoms with E-state index in [-0.39, 0.29) is 28.0 Å². The zero-order valence-corrected chi connectivity index (χ0v) is 18.2. The molecule has 12 nitrogen and oxygen atoms in total. The number of hydrogen-bond donors (Lipinski definition) is 2. The van der Waals surface area contributed by atoms with Crippen molar-refractivity contribution in [3.8, 4) is 17.2 Å². The van der Waals surface area contributed by atoms with E-state index in [0.29, 0.717) is 0 Å². The molecule has 0 aliphatic carbocycles. The summed E-state index contributed by atoms with van der Waals surface area (Å²) in [6, 6.07) is 2.07.